The third kappa shape index (κ3) is 3.34. The number of hydrogen-bond donors (Lipinski definition) is 1. The van der Waals surface area contributed by atoms with Gasteiger partial charge in [0.25, 0.3) is 0 Å². The average molecular weight is 266 g/mol. The Kier molecular flexibility index (Phi) is 4.82. The van der Waals surface area contributed by atoms with E-state index in [2.05, 4.69) is 55.4 Å². The maximum Gasteiger partial charge on any atom is 0.0465 e. The topological polar surface area (TPSA) is 15.3 Å². The normalized spacial score (nSPS) is 23.1. The van der Waals surface area contributed by atoms with Crippen LogP contribution < -0.4 is 5.32 Å². The number of thiophene rings is 1. The van der Waals surface area contributed by atoms with Gasteiger partial charge in [0.1, 0.15) is 0 Å². The van der Waals surface area contributed by atoms with E-state index in [9.17, 15) is 0 Å². The first-order valence-corrected chi connectivity index (χ1v) is 7.99. The molecule has 18 heavy (non-hydrogen) atoms. The maximum atomic E-state index is 3.67. The molecule has 1 aliphatic heterocycles. The largest absolute Gasteiger partial charge is 0.310 e. The van der Waals surface area contributed by atoms with Crippen molar-refractivity contribution in [2.24, 2.45) is 5.92 Å². The number of hydrogen-bond acceptors (Lipinski definition) is 3. The highest BCUT2D eigenvalue weighted by atomic mass is 32.1. The highest BCUT2D eigenvalue weighted by Gasteiger charge is 2.31. The highest BCUT2D eigenvalue weighted by Crippen LogP contribution is 2.34. The van der Waals surface area contributed by atoms with E-state index < -0.39 is 0 Å². The first kappa shape index (κ1) is 14.0. The molecule has 1 aromatic heterocycles. The number of nitrogens with one attached hydrogen (secondary N) is 1. The lowest BCUT2D eigenvalue weighted by Gasteiger charge is -2.30. The van der Waals surface area contributed by atoms with Crippen molar-refractivity contribution in [3.05, 3.63) is 22.4 Å². The summed E-state index contributed by atoms with van der Waals surface area (Å²) in [4.78, 5) is 4.19. The van der Waals surface area contributed by atoms with Crippen molar-refractivity contribution in [1.82, 2.24) is 10.2 Å². The molecule has 1 aliphatic rings. The highest BCUT2D eigenvalue weighted by molar-refractivity contribution is 7.10. The quantitative estimate of drug-likeness (QED) is 0.877. The first-order valence-electron chi connectivity index (χ1n) is 7.11. The summed E-state index contributed by atoms with van der Waals surface area (Å²) in [5.41, 5.74) is 0. The predicted molar refractivity (Wildman–Crippen MR) is 80.1 cm³/mol. The molecule has 2 unspecified atom stereocenters. The molecular formula is C15H26N2S. The first-order chi connectivity index (χ1) is 8.58. The molecule has 0 aliphatic carbocycles. The van der Waals surface area contributed by atoms with E-state index in [-0.39, 0.29) is 0 Å². The zero-order valence-electron chi connectivity index (χ0n) is 12.0. The second-order valence-electron chi connectivity index (χ2n) is 6.01. The molecular weight excluding hydrogens is 240 g/mol. The van der Waals surface area contributed by atoms with Crippen LogP contribution in [0.2, 0.25) is 0 Å². The molecule has 1 N–H and O–H groups in total. The maximum absolute atomic E-state index is 3.67. The number of rotatable bonds is 5. The molecule has 1 fully saturated rings. The SMILES string of the molecule is CC(C)NC1CCN(C(c2cccs2)C(C)C)C1. The summed E-state index contributed by atoms with van der Waals surface area (Å²) in [6.07, 6.45) is 1.28. The average Bonchev–Trinajstić information content (AvgIpc) is 2.89. The Bertz CT molecular complexity index is 345. The predicted octanol–water partition coefficient (Wildman–Crippen LogP) is 3.52. The van der Waals surface area contributed by atoms with Gasteiger partial charge >= 0.3 is 0 Å². The summed E-state index contributed by atoms with van der Waals surface area (Å²) in [5.74, 6) is 0.682. The fraction of sp³-hybridized carbons (Fsp3) is 0.733. The Morgan fingerprint density at radius 1 is 1.33 bits per heavy atom. The van der Waals surface area contributed by atoms with Gasteiger partial charge < -0.3 is 5.32 Å². The fourth-order valence-corrected chi connectivity index (χ4v) is 4.07. The molecule has 3 heteroatoms. The van der Waals surface area contributed by atoms with Crippen molar-refractivity contribution in [1.29, 1.82) is 0 Å². The van der Waals surface area contributed by atoms with Crippen LogP contribution in [0.4, 0.5) is 0 Å². The van der Waals surface area contributed by atoms with E-state index in [1.807, 2.05) is 11.3 Å². The van der Waals surface area contributed by atoms with Crippen LogP contribution in [0.25, 0.3) is 0 Å². The van der Waals surface area contributed by atoms with Gasteiger partial charge in [-0.3, -0.25) is 4.90 Å². The molecule has 0 amide bonds. The van der Waals surface area contributed by atoms with E-state index in [1.54, 1.807) is 0 Å². The van der Waals surface area contributed by atoms with E-state index in [0.717, 1.165) is 0 Å². The molecule has 2 atom stereocenters. The van der Waals surface area contributed by atoms with Gasteiger partial charge in [0.15, 0.2) is 0 Å². The van der Waals surface area contributed by atoms with Crippen molar-refractivity contribution < 1.29 is 0 Å². The molecule has 1 saturated heterocycles. The molecule has 2 rings (SSSR count). The fourth-order valence-electron chi connectivity index (χ4n) is 3.04. The van der Waals surface area contributed by atoms with Gasteiger partial charge in [-0.2, -0.15) is 0 Å². The minimum atomic E-state index is 0.592. The van der Waals surface area contributed by atoms with Gasteiger partial charge in [-0.05, 0) is 23.8 Å². The summed E-state index contributed by atoms with van der Waals surface area (Å²) >= 11 is 1.90. The molecule has 2 heterocycles. The molecule has 0 spiro atoms. The third-order valence-electron chi connectivity index (χ3n) is 3.65. The Labute approximate surface area is 115 Å². The zero-order valence-corrected chi connectivity index (χ0v) is 12.8. The lowest BCUT2D eigenvalue weighted by atomic mass is 10.0. The second kappa shape index (κ2) is 6.18. The van der Waals surface area contributed by atoms with E-state index in [0.29, 0.717) is 24.0 Å². The lowest BCUT2D eigenvalue weighted by molar-refractivity contribution is 0.191. The molecule has 102 valence electrons. The zero-order chi connectivity index (χ0) is 13.1. The molecule has 0 radical (unpaired) electrons. The molecule has 0 saturated carbocycles. The number of likely N-dealkylation sites (tertiary alicyclic amines) is 1. The van der Waals surface area contributed by atoms with Crippen LogP contribution in [0.3, 0.4) is 0 Å². The molecule has 1 aromatic rings. The number of nitrogens with zero attached hydrogens (tertiary/aromatic N) is 1. The van der Waals surface area contributed by atoms with Crippen LogP contribution >= 0.6 is 11.3 Å². The van der Waals surface area contributed by atoms with Crippen molar-refractivity contribution in [3.8, 4) is 0 Å². The van der Waals surface area contributed by atoms with Gasteiger partial charge in [0.2, 0.25) is 0 Å². The van der Waals surface area contributed by atoms with E-state index in [4.69, 9.17) is 0 Å². The van der Waals surface area contributed by atoms with Crippen molar-refractivity contribution in [3.63, 3.8) is 0 Å². The van der Waals surface area contributed by atoms with Gasteiger partial charge in [-0.15, -0.1) is 11.3 Å². The van der Waals surface area contributed by atoms with Gasteiger partial charge in [0, 0.05) is 36.1 Å². The minimum absolute atomic E-state index is 0.592. The lowest BCUT2D eigenvalue weighted by Crippen LogP contribution is -2.38. The monoisotopic (exact) mass is 266 g/mol. The molecule has 0 aromatic carbocycles. The van der Waals surface area contributed by atoms with Crippen LogP contribution in [0, 0.1) is 5.92 Å². The summed E-state index contributed by atoms with van der Waals surface area (Å²) in [7, 11) is 0. The van der Waals surface area contributed by atoms with Gasteiger partial charge in [0.05, 0.1) is 0 Å². The van der Waals surface area contributed by atoms with Crippen LogP contribution in [0.1, 0.15) is 45.0 Å². The Morgan fingerprint density at radius 3 is 2.67 bits per heavy atom. The smallest absolute Gasteiger partial charge is 0.0465 e. The van der Waals surface area contributed by atoms with Crippen LogP contribution in [0.5, 0.6) is 0 Å². The van der Waals surface area contributed by atoms with Crippen LogP contribution in [0.15, 0.2) is 17.5 Å². The van der Waals surface area contributed by atoms with Gasteiger partial charge in [-0.25, -0.2) is 0 Å². The Balaban J connectivity index is 2.01. The van der Waals surface area contributed by atoms with Crippen molar-refractivity contribution in [2.75, 3.05) is 13.1 Å². The summed E-state index contributed by atoms with van der Waals surface area (Å²) in [6, 6.07) is 6.33. The van der Waals surface area contributed by atoms with E-state index in [1.165, 1.54) is 24.4 Å². The van der Waals surface area contributed by atoms with Crippen LogP contribution in [-0.2, 0) is 0 Å². The van der Waals surface area contributed by atoms with Crippen molar-refractivity contribution >= 4 is 11.3 Å². The third-order valence-corrected chi connectivity index (χ3v) is 4.59. The summed E-state index contributed by atoms with van der Waals surface area (Å²) < 4.78 is 0. The molecule has 2 nitrogen and oxygen atoms in total. The van der Waals surface area contributed by atoms with Gasteiger partial charge in [-0.1, -0.05) is 33.8 Å². The Hall–Kier alpha value is -0.380. The van der Waals surface area contributed by atoms with E-state index >= 15 is 0 Å². The summed E-state index contributed by atoms with van der Waals surface area (Å²) in [5, 5.41) is 5.87. The second-order valence-corrected chi connectivity index (χ2v) is 6.99. The minimum Gasteiger partial charge on any atom is -0.310 e. The molecule has 0 bridgehead atoms. The Morgan fingerprint density at radius 2 is 2.11 bits per heavy atom. The summed E-state index contributed by atoms with van der Waals surface area (Å²) in [6.45, 7) is 11.6. The van der Waals surface area contributed by atoms with Crippen LogP contribution in [-0.4, -0.2) is 30.1 Å². The standard InChI is InChI=1S/C15H26N2S/c1-11(2)15(14-6-5-9-18-14)17-8-7-13(10-17)16-12(3)4/h5-6,9,11-13,15-16H,7-8,10H2,1-4H3. The van der Waals surface area contributed by atoms with Crippen molar-refractivity contribution in [2.45, 2.75) is 52.2 Å².